The predicted molar refractivity (Wildman–Crippen MR) is 93.9 cm³/mol. The molecule has 114 valence electrons. The fourth-order valence-electron chi connectivity index (χ4n) is 3.11. The van der Waals surface area contributed by atoms with Crippen LogP contribution in [0.2, 0.25) is 0 Å². The molecule has 0 saturated heterocycles. The molecule has 0 unspecified atom stereocenters. The van der Waals surface area contributed by atoms with Crippen molar-refractivity contribution in [2.75, 3.05) is 12.0 Å². The highest BCUT2D eigenvalue weighted by Crippen LogP contribution is 2.43. The van der Waals surface area contributed by atoms with Gasteiger partial charge < -0.3 is 4.74 Å². The summed E-state index contributed by atoms with van der Waals surface area (Å²) in [5.41, 5.74) is 2.45. The van der Waals surface area contributed by atoms with Gasteiger partial charge in [-0.3, -0.25) is 5.01 Å². The normalized spacial score (nSPS) is 22.8. The highest BCUT2D eigenvalue weighted by atomic mass is 32.2. The van der Waals surface area contributed by atoms with Gasteiger partial charge in [0.1, 0.15) is 5.75 Å². The van der Waals surface area contributed by atoms with Gasteiger partial charge in [0.05, 0.1) is 16.6 Å². The highest BCUT2D eigenvalue weighted by molar-refractivity contribution is 7.98. The Morgan fingerprint density at radius 3 is 3.05 bits per heavy atom. The third-order valence-corrected chi connectivity index (χ3v) is 5.72. The zero-order valence-corrected chi connectivity index (χ0v) is 14.1. The molecule has 3 nitrogen and oxygen atoms in total. The summed E-state index contributed by atoms with van der Waals surface area (Å²) in [6, 6.07) is 13.0. The van der Waals surface area contributed by atoms with Crippen LogP contribution in [-0.2, 0) is 0 Å². The molecule has 0 fully saturated rings. The van der Waals surface area contributed by atoms with Crippen LogP contribution in [0.1, 0.15) is 29.3 Å². The third kappa shape index (κ3) is 2.42. The molecule has 2 atom stereocenters. The van der Waals surface area contributed by atoms with Gasteiger partial charge in [0, 0.05) is 18.4 Å². The molecule has 22 heavy (non-hydrogen) atoms. The van der Waals surface area contributed by atoms with E-state index in [-0.39, 0.29) is 6.23 Å². The fourth-order valence-corrected chi connectivity index (χ4v) is 4.27. The first-order valence-corrected chi connectivity index (χ1v) is 9.78. The lowest BCUT2D eigenvalue weighted by atomic mass is 9.98. The molecule has 2 aliphatic heterocycles. The van der Waals surface area contributed by atoms with Crippen molar-refractivity contribution in [1.82, 2.24) is 5.01 Å². The molecule has 4 rings (SSSR count). The van der Waals surface area contributed by atoms with E-state index in [1.807, 2.05) is 11.8 Å². The van der Waals surface area contributed by atoms with Crippen LogP contribution in [0.3, 0.4) is 0 Å². The maximum atomic E-state index is 6.22. The average Bonchev–Trinajstić information content (AvgIpc) is 3.21. The minimum Gasteiger partial charge on any atom is -0.469 e. The van der Waals surface area contributed by atoms with E-state index in [0.717, 1.165) is 24.3 Å². The van der Waals surface area contributed by atoms with E-state index in [9.17, 15) is 0 Å². The first kappa shape index (κ1) is 14.2. The van der Waals surface area contributed by atoms with Gasteiger partial charge in [-0.05, 0) is 29.5 Å². The van der Waals surface area contributed by atoms with E-state index in [1.54, 1.807) is 11.3 Å². The number of thioether (sulfide) groups is 1. The molecule has 2 aliphatic rings. The summed E-state index contributed by atoms with van der Waals surface area (Å²) in [4.78, 5) is 1.27. The lowest BCUT2D eigenvalue weighted by molar-refractivity contribution is -0.0180. The first-order valence-electron chi connectivity index (χ1n) is 7.51. The van der Waals surface area contributed by atoms with Crippen LogP contribution < -0.4 is 4.74 Å². The number of hydrogen-bond acceptors (Lipinski definition) is 5. The van der Waals surface area contributed by atoms with Crippen LogP contribution in [0.5, 0.6) is 5.75 Å². The van der Waals surface area contributed by atoms with E-state index < -0.39 is 0 Å². The summed E-state index contributed by atoms with van der Waals surface area (Å²) in [7, 11) is 0. The Bertz CT molecular complexity index is 684. The molecule has 0 bridgehead atoms. The predicted octanol–water partition coefficient (Wildman–Crippen LogP) is 4.37. The molecule has 0 amide bonds. The van der Waals surface area contributed by atoms with Gasteiger partial charge in [-0.2, -0.15) is 16.9 Å². The van der Waals surface area contributed by atoms with E-state index in [2.05, 4.69) is 53.0 Å². The maximum Gasteiger partial charge on any atom is 0.188 e. The second kappa shape index (κ2) is 5.97. The van der Waals surface area contributed by atoms with Crippen molar-refractivity contribution >= 4 is 28.8 Å². The molecule has 0 N–H and O–H groups in total. The Hall–Kier alpha value is -1.46. The van der Waals surface area contributed by atoms with Crippen molar-refractivity contribution in [2.45, 2.75) is 25.1 Å². The molecule has 1 aromatic carbocycles. The van der Waals surface area contributed by atoms with Crippen LogP contribution in [0.15, 0.2) is 46.9 Å². The minimum absolute atomic E-state index is 0.0461. The van der Waals surface area contributed by atoms with Gasteiger partial charge in [-0.1, -0.05) is 24.3 Å². The van der Waals surface area contributed by atoms with E-state index in [0.29, 0.717) is 6.04 Å². The molecular weight excluding hydrogens is 312 g/mol. The van der Waals surface area contributed by atoms with Crippen molar-refractivity contribution in [3.63, 3.8) is 0 Å². The highest BCUT2D eigenvalue weighted by Gasteiger charge is 2.39. The van der Waals surface area contributed by atoms with Gasteiger partial charge in [0.15, 0.2) is 6.23 Å². The smallest absolute Gasteiger partial charge is 0.188 e. The number of fused-ring (bicyclic) bond motifs is 3. The summed E-state index contributed by atoms with van der Waals surface area (Å²) in [5.74, 6) is 2.11. The zero-order chi connectivity index (χ0) is 14.9. The minimum atomic E-state index is 0.0461. The summed E-state index contributed by atoms with van der Waals surface area (Å²) >= 11 is 3.62. The molecule has 0 aliphatic carbocycles. The maximum absolute atomic E-state index is 6.22. The van der Waals surface area contributed by atoms with Crippen molar-refractivity contribution in [3.05, 3.63) is 52.2 Å². The number of rotatable bonds is 4. The monoisotopic (exact) mass is 330 g/mol. The van der Waals surface area contributed by atoms with Crippen molar-refractivity contribution in [2.24, 2.45) is 5.10 Å². The van der Waals surface area contributed by atoms with Crippen LogP contribution in [0.4, 0.5) is 0 Å². The molecule has 1 aromatic heterocycles. The molecule has 0 spiro atoms. The number of para-hydroxylation sites is 1. The Balaban J connectivity index is 1.69. The third-order valence-electron chi connectivity index (χ3n) is 4.15. The summed E-state index contributed by atoms with van der Waals surface area (Å²) in [6.07, 6.45) is 4.15. The summed E-state index contributed by atoms with van der Waals surface area (Å²) < 4.78 is 6.22. The quantitative estimate of drug-likeness (QED) is 0.832. The van der Waals surface area contributed by atoms with Crippen molar-refractivity contribution in [3.8, 4) is 5.75 Å². The van der Waals surface area contributed by atoms with Gasteiger partial charge in [0.2, 0.25) is 0 Å². The number of nitrogens with zero attached hydrogens (tertiary/aromatic N) is 2. The largest absolute Gasteiger partial charge is 0.469 e. The topological polar surface area (TPSA) is 24.8 Å². The Morgan fingerprint density at radius 2 is 2.23 bits per heavy atom. The van der Waals surface area contributed by atoms with E-state index >= 15 is 0 Å². The number of ether oxygens (including phenoxy) is 1. The number of thiophene rings is 1. The van der Waals surface area contributed by atoms with Gasteiger partial charge in [0.25, 0.3) is 0 Å². The second-order valence-corrected chi connectivity index (χ2v) is 7.45. The van der Waals surface area contributed by atoms with E-state index in [1.165, 1.54) is 16.2 Å². The molecule has 0 radical (unpaired) electrons. The molecular formula is C17H18N2OS2. The number of hydrogen-bond donors (Lipinski definition) is 0. The molecule has 2 aromatic rings. The molecule has 5 heteroatoms. The van der Waals surface area contributed by atoms with Crippen LogP contribution >= 0.6 is 23.1 Å². The Labute approximate surface area is 139 Å². The SMILES string of the molecule is CSCC[C@@H]1Oc2ccccc2[C@H]2CC(c3cccs3)=NN12. The zero-order valence-electron chi connectivity index (χ0n) is 12.4. The summed E-state index contributed by atoms with van der Waals surface area (Å²) in [6.45, 7) is 0. The van der Waals surface area contributed by atoms with E-state index in [4.69, 9.17) is 9.84 Å². The Kier molecular flexibility index (Phi) is 3.84. The second-order valence-electron chi connectivity index (χ2n) is 5.52. The van der Waals surface area contributed by atoms with Crippen LogP contribution in [0, 0.1) is 0 Å². The van der Waals surface area contributed by atoms with Gasteiger partial charge in [-0.25, -0.2) is 0 Å². The lowest BCUT2D eigenvalue weighted by Gasteiger charge is -2.38. The van der Waals surface area contributed by atoms with Gasteiger partial charge >= 0.3 is 0 Å². The number of benzene rings is 1. The van der Waals surface area contributed by atoms with Crippen LogP contribution in [0.25, 0.3) is 0 Å². The lowest BCUT2D eigenvalue weighted by Crippen LogP contribution is -2.40. The van der Waals surface area contributed by atoms with Crippen LogP contribution in [-0.4, -0.2) is 29.0 Å². The van der Waals surface area contributed by atoms with Crippen molar-refractivity contribution < 1.29 is 4.74 Å². The average molecular weight is 330 g/mol. The fraction of sp³-hybridized carbons (Fsp3) is 0.353. The standard InChI is InChI=1S/C17H18N2OS2/c1-21-10-8-17-19-14(12-5-2-3-6-15(12)20-17)11-13(18-19)16-7-4-9-22-16/h2-7,9,14,17H,8,10-11H2,1H3/t14-,17+/m1/s1. The van der Waals surface area contributed by atoms with Gasteiger partial charge in [-0.15, -0.1) is 11.3 Å². The molecule has 0 saturated carbocycles. The Morgan fingerprint density at radius 1 is 1.32 bits per heavy atom. The van der Waals surface area contributed by atoms with Crippen molar-refractivity contribution in [1.29, 1.82) is 0 Å². The number of hydrazone groups is 1. The molecule has 3 heterocycles. The first-order chi connectivity index (χ1) is 10.9. The summed E-state index contributed by atoms with van der Waals surface area (Å²) in [5, 5.41) is 9.22.